The number of aromatic nitrogens is 3. The predicted octanol–water partition coefficient (Wildman–Crippen LogP) is 3.14. The highest BCUT2D eigenvalue weighted by Crippen LogP contribution is 2.33. The lowest BCUT2D eigenvalue weighted by atomic mass is 10.3. The fourth-order valence-corrected chi connectivity index (χ4v) is 3.93. The number of carbonyl (C=O) groups excluding carboxylic acids is 1. The van der Waals surface area contributed by atoms with Crippen molar-refractivity contribution in [1.29, 1.82) is 0 Å². The lowest BCUT2D eigenvalue weighted by Crippen LogP contribution is -2.30. The number of thioether (sulfide) groups is 1. The van der Waals surface area contributed by atoms with Gasteiger partial charge < -0.3 is 10.2 Å². The van der Waals surface area contributed by atoms with Crippen molar-refractivity contribution in [3.8, 4) is 5.69 Å². The number of rotatable bonds is 6. The Morgan fingerprint density at radius 3 is 2.72 bits per heavy atom. The summed E-state index contributed by atoms with van der Waals surface area (Å²) in [6.07, 6.45) is 2.29. The molecule has 1 aromatic heterocycles. The Labute approximate surface area is 156 Å². The summed E-state index contributed by atoms with van der Waals surface area (Å²) >= 11 is 7.83. The third kappa shape index (κ3) is 3.93. The number of benzene rings is 1. The van der Waals surface area contributed by atoms with E-state index in [1.807, 2.05) is 42.7 Å². The van der Waals surface area contributed by atoms with Crippen LogP contribution in [0.1, 0.15) is 26.7 Å². The molecule has 1 amide bonds. The van der Waals surface area contributed by atoms with Crippen molar-refractivity contribution in [3.05, 3.63) is 29.3 Å². The molecule has 25 heavy (non-hydrogen) atoms. The van der Waals surface area contributed by atoms with Crippen LogP contribution in [0.15, 0.2) is 29.4 Å². The topological polar surface area (TPSA) is 63.1 Å². The second-order valence-corrected chi connectivity index (χ2v) is 7.63. The van der Waals surface area contributed by atoms with Crippen molar-refractivity contribution in [2.45, 2.75) is 37.1 Å². The van der Waals surface area contributed by atoms with E-state index >= 15 is 0 Å². The average molecular weight is 380 g/mol. The summed E-state index contributed by atoms with van der Waals surface area (Å²) in [6.45, 7) is 6.31. The molecule has 3 rings (SSSR count). The van der Waals surface area contributed by atoms with E-state index in [2.05, 4.69) is 20.4 Å². The minimum absolute atomic E-state index is 0.0102. The standard InChI is InChI=1S/C17H22ClN5OS/c1-3-19-15(24)12(2)25-17-21-20-16(22-10-6-7-11-22)23(17)14-9-5-4-8-13(14)18/h4-5,8-9,12H,3,6-7,10-11H2,1-2H3,(H,19,24). The van der Waals surface area contributed by atoms with Crippen LogP contribution >= 0.6 is 23.4 Å². The van der Waals surface area contributed by atoms with E-state index in [0.717, 1.165) is 37.6 Å². The summed E-state index contributed by atoms with van der Waals surface area (Å²) in [6, 6.07) is 7.64. The number of anilines is 1. The summed E-state index contributed by atoms with van der Waals surface area (Å²) in [4.78, 5) is 14.3. The Kier molecular flexibility index (Phi) is 5.86. The zero-order chi connectivity index (χ0) is 17.8. The zero-order valence-electron chi connectivity index (χ0n) is 14.4. The van der Waals surface area contributed by atoms with Gasteiger partial charge in [-0.3, -0.25) is 9.36 Å². The van der Waals surface area contributed by atoms with Gasteiger partial charge in [0.2, 0.25) is 11.9 Å². The lowest BCUT2D eigenvalue weighted by molar-refractivity contribution is -0.120. The highest BCUT2D eigenvalue weighted by atomic mass is 35.5. The van der Waals surface area contributed by atoms with Crippen LogP contribution in [0.5, 0.6) is 0 Å². The predicted molar refractivity (Wildman–Crippen MR) is 102 cm³/mol. The molecule has 134 valence electrons. The number of nitrogens with zero attached hydrogens (tertiary/aromatic N) is 4. The average Bonchev–Trinajstić information content (AvgIpc) is 3.25. The van der Waals surface area contributed by atoms with Crippen LogP contribution in [-0.4, -0.2) is 45.6 Å². The molecule has 1 aromatic carbocycles. The fraction of sp³-hybridized carbons (Fsp3) is 0.471. The molecule has 0 bridgehead atoms. The van der Waals surface area contributed by atoms with Crippen LogP contribution in [0.3, 0.4) is 0 Å². The molecule has 1 N–H and O–H groups in total. The quantitative estimate of drug-likeness (QED) is 0.781. The van der Waals surface area contributed by atoms with E-state index in [1.54, 1.807) is 0 Å². The van der Waals surface area contributed by atoms with Crippen LogP contribution in [-0.2, 0) is 4.79 Å². The zero-order valence-corrected chi connectivity index (χ0v) is 16.0. The summed E-state index contributed by atoms with van der Waals surface area (Å²) in [5.41, 5.74) is 0.835. The number of hydrogen-bond acceptors (Lipinski definition) is 5. The highest BCUT2D eigenvalue weighted by Gasteiger charge is 2.25. The Morgan fingerprint density at radius 1 is 1.32 bits per heavy atom. The Morgan fingerprint density at radius 2 is 2.04 bits per heavy atom. The first-order chi connectivity index (χ1) is 12.1. The molecule has 2 heterocycles. The maximum atomic E-state index is 12.1. The molecule has 8 heteroatoms. The molecule has 1 saturated heterocycles. The van der Waals surface area contributed by atoms with Crippen LogP contribution < -0.4 is 10.2 Å². The van der Waals surface area contributed by atoms with Gasteiger partial charge in [-0.1, -0.05) is 35.5 Å². The van der Waals surface area contributed by atoms with Crippen LogP contribution in [0.25, 0.3) is 5.69 Å². The van der Waals surface area contributed by atoms with Gasteiger partial charge in [-0.2, -0.15) is 0 Å². The molecule has 0 saturated carbocycles. The van der Waals surface area contributed by atoms with Gasteiger partial charge in [-0.15, -0.1) is 10.2 Å². The summed E-state index contributed by atoms with van der Waals surface area (Å²) < 4.78 is 1.97. The molecule has 1 aliphatic rings. The Bertz CT molecular complexity index is 744. The van der Waals surface area contributed by atoms with Crippen molar-refractivity contribution in [1.82, 2.24) is 20.1 Å². The van der Waals surface area contributed by atoms with Crippen molar-refractivity contribution in [2.24, 2.45) is 0 Å². The van der Waals surface area contributed by atoms with Crippen LogP contribution in [0.2, 0.25) is 5.02 Å². The number of halogens is 1. The maximum absolute atomic E-state index is 12.1. The SMILES string of the molecule is CCNC(=O)C(C)Sc1nnc(N2CCCC2)n1-c1ccccc1Cl. The van der Waals surface area contributed by atoms with Gasteiger partial charge in [0.1, 0.15) is 0 Å². The monoisotopic (exact) mass is 379 g/mol. The Hall–Kier alpha value is -1.73. The van der Waals surface area contributed by atoms with E-state index in [-0.39, 0.29) is 11.2 Å². The van der Waals surface area contributed by atoms with Gasteiger partial charge in [-0.05, 0) is 38.8 Å². The summed E-state index contributed by atoms with van der Waals surface area (Å²) in [5.74, 6) is 0.778. The molecule has 6 nitrogen and oxygen atoms in total. The number of carbonyl (C=O) groups is 1. The third-order valence-corrected chi connectivity index (χ3v) is 5.46. The van der Waals surface area contributed by atoms with Gasteiger partial charge in [-0.25, -0.2) is 0 Å². The first-order valence-corrected chi connectivity index (χ1v) is 9.77. The number of amides is 1. The van der Waals surface area contributed by atoms with E-state index in [0.29, 0.717) is 16.7 Å². The van der Waals surface area contributed by atoms with E-state index < -0.39 is 0 Å². The molecule has 0 spiro atoms. The van der Waals surface area contributed by atoms with Gasteiger partial charge in [0.25, 0.3) is 0 Å². The normalized spacial score (nSPS) is 15.4. The molecule has 1 unspecified atom stereocenters. The first kappa shape index (κ1) is 18.1. The molecule has 0 aliphatic carbocycles. The van der Waals surface area contributed by atoms with Gasteiger partial charge in [0, 0.05) is 19.6 Å². The fourth-order valence-electron chi connectivity index (χ4n) is 2.83. The van der Waals surface area contributed by atoms with E-state index in [1.165, 1.54) is 11.8 Å². The van der Waals surface area contributed by atoms with E-state index in [4.69, 9.17) is 11.6 Å². The molecule has 2 aromatic rings. The van der Waals surface area contributed by atoms with E-state index in [9.17, 15) is 4.79 Å². The molecular formula is C17H22ClN5OS. The molecule has 0 radical (unpaired) electrons. The molecule has 1 fully saturated rings. The first-order valence-electron chi connectivity index (χ1n) is 8.51. The van der Waals surface area contributed by atoms with Crippen molar-refractivity contribution >= 4 is 35.2 Å². The summed E-state index contributed by atoms with van der Waals surface area (Å²) in [5, 5.41) is 12.6. The summed E-state index contributed by atoms with van der Waals surface area (Å²) in [7, 11) is 0. The molecular weight excluding hydrogens is 358 g/mol. The largest absolute Gasteiger partial charge is 0.355 e. The van der Waals surface area contributed by atoms with Gasteiger partial charge in [0.05, 0.1) is 16.0 Å². The van der Waals surface area contributed by atoms with Crippen LogP contribution in [0, 0.1) is 0 Å². The number of para-hydroxylation sites is 1. The second kappa shape index (κ2) is 8.10. The van der Waals surface area contributed by atoms with Crippen LogP contribution in [0.4, 0.5) is 5.95 Å². The minimum Gasteiger partial charge on any atom is -0.355 e. The van der Waals surface area contributed by atoms with Crippen molar-refractivity contribution in [2.75, 3.05) is 24.5 Å². The van der Waals surface area contributed by atoms with Crippen molar-refractivity contribution in [3.63, 3.8) is 0 Å². The van der Waals surface area contributed by atoms with Crippen molar-refractivity contribution < 1.29 is 4.79 Å². The number of hydrogen-bond donors (Lipinski definition) is 1. The number of nitrogens with one attached hydrogen (secondary N) is 1. The lowest BCUT2D eigenvalue weighted by Gasteiger charge is -2.19. The smallest absolute Gasteiger partial charge is 0.233 e. The van der Waals surface area contributed by atoms with Gasteiger partial charge in [0.15, 0.2) is 5.16 Å². The Balaban J connectivity index is 1.98. The van der Waals surface area contributed by atoms with Gasteiger partial charge >= 0.3 is 0 Å². The maximum Gasteiger partial charge on any atom is 0.233 e. The second-order valence-electron chi connectivity index (χ2n) is 5.92. The molecule has 1 aliphatic heterocycles. The highest BCUT2D eigenvalue weighted by molar-refractivity contribution is 8.00. The minimum atomic E-state index is -0.267. The third-order valence-electron chi connectivity index (χ3n) is 4.10. The molecule has 1 atom stereocenters.